The lowest BCUT2D eigenvalue weighted by Gasteiger charge is -1.99. The Balaban J connectivity index is 1.92. The molecule has 1 amide bonds. The van der Waals surface area contributed by atoms with Crippen molar-refractivity contribution in [2.75, 3.05) is 0 Å². The van der Waals surface area contributed by atoms with E-state index in [1.807, 2.05) is 6.07 Å². The minimum atomic E-state index is -0.485. The summed E-state index contributed by atoms with van der Waals surface area (Å²) in [5.74, 6) is 0.00136. The van der Waals surface area contributed by atoms with Gasteiger partial charge in [0.05, 0.1) is 4.92 Å². The van der Waals surface area contributed by atoms with Crippen LogP contribution < -0.4 is 5.32 Å². The van der Waals surface area contributed by atoms with Crippen LogP contribution in [-0.2, 0) is 4.79 Å². The highest BCUT2D eigenvalue weighted by Crippen LogP contribution is 2.21. The standard InChI is InChI=1S/C16H10ClN3O3/c17-13-4-2-1-3-11(13)9-14-16(21)19-15(18-14)10-5-7-12(8-6-10)20(22)23/h1-9H,(H,18,19,21). The fourth-order valence-corrected chi connectivity index (χ4v) is 2.28. The SMILES string of the molecule is O=C1NC(c2ccc([N+](=O)[O-])cc2)=NC1=Cc1ccccc1Cl. The van der Waals surface area contributed by atoms with Crippen LogP contribution in [0.1, 0.15) is 11.1 Å². The average Bonchev–Trinajstić information content (AvgIpc) is 2.91. The largest absolute Gasteiger partial charge is 0.305 e. The Bertz CT molecular complexity index is 857. The summed E-state index contributed by atoms with van der Waals surface area (Å²) in [6, 6.07) is 12.9. The van der Waals surface area contributed by atoms with E-state index in [1.54, 1.807) is 24.3 Å². The van der Waals surface area contributed by atoms with E-state index in [-0.39, 0.29) is 17.3 Å². The van der Waals surface area contributed by atoms with Gasteiger partial charge in [-0.2, -0.15) is 0 Å². The van der Waals surface area contributed by atoms with E-state index in [0.29, 0.717) is 22.0 Å². The lowest BCUT2D eigenvalue weighted by molar-refractivity contribution is -0.384. The van der Waals surface area contributed by atoms with Gasteiger partial charge in [-0.3, -0.25) is 14.9 Å². The molecule has 6 nitrogen and oxygen atoms in total. The van der Waals surface area contributed by atoms with E-state index in [4.69, 9.17) is 11.6 Å². The number of amides is 1. The van der Waals surface area contributed by atoms with Crippen molar-refractivity contribution < 1.29 is 9.72 Å². The molecule has 2 aromatic rings. The van der Waals surface area contributed by atoms with Crippen molar-refractivity contribution in [3.8, 4) is 0 Å². The van der Waals surface area contributed by atoms with E-state index in [2.05, 4.69) is 10.3 Å². The number of amidine groups is 1. The molecule has 23 heavy (non-hydrogen) atoms. The molecule has 0 bridgehead atoms. The van der Waals surface area contributed by atoms with Crippen LogP contribution in [0, 0.1) is 10.1 Å². The molecular formula is C16H10ClN3O3. The van der Waals surface area contributed by atoms with Crippen molar-refractivity contribution in [3.63, 3.8) is 0 Å². The molecule has 0 aliphatic carbocycles. The summed E-state index contributed by atoms with van der Waals surface area (Å²) >= 11 is 6.06. The molecule has 114 valence electrons. The summed E-state index contributed by atoms with van der Waals surface area (Å²) < 4.78 is 0. The van der Waals surface area contributed by atoms with Crippen molar-refractivity contribution in [3.05, 3.63) is 80.5 Å². The molecule has 0 aromatic heterocycles. The molecule has 1 aliphatic heterocycles. The molecule has 0 fully saturated rings. The van der Waals surface area contributed by atoms with Crippen LogP contribution in [0.3, 0.4) is 0 Å². The maximum Gasteiger partial charge on any atom is 0.275 e. The highest BCUT2D eigenvalue weighted by Gasteiger charge is 2.21. The smallest absolute Gasteiger partial charge is 0.275 e. The normalized spacial score (nSPS) is 15.4. The molecule has 1 N–H and O–H groups in total. The Morgan fingerprint density at radius 2 is 1.83 bits per heavy atom. The first-order valence-electron chi connectivity index (χ1n) is 6.66. The summed E-state index contributed by atoms with van der Waals surface area (Å²) in [7, 11) is 0. The number of nitrogens with zero attached hydrogens (tertiary/aromatic N) is 2. The monoisotopic (exact) mass is 327 g/mol. The van der Waals surface area contributed by atoms with Gasteiger partial charge in [0.15, 0.2) is 0 Å². The van der Waals surface area contributed by atoms with Crippen LogP contribution in [0.15, 0.2) is 59.2 Å². The van der Waals surface area contributed by atoms with Gasteiger partial charge in [0.25, 0.3) is 11.6 Å². The number of nitrogens with one attached hydrogen (secondary N) is 1. The topological polar surface area (TPSA) is 84.6 Å². The second-order valence-corrected chi connectivity index (χ2v) is 5.18. The molecule has 0 unspecified atom stereocenters. The van der Waals surface area contributed by atoms with Gasteiger partial charge in [-0.05, 0) is 29.8 Å². The Kier molecular flexibility index (Phi) is 3.91. The number of rotatable bonds is 3. The first-order valence-corrected chi connectivity index (χ1v) is 7.03. The third-order valence-electron chi connectivity index (χ3n) is 3.25. The predicted molar refractivity (Wildman–Crippen MR) is 87.2 cm³/mol. The molecule has 1 aliphatic rings. The minimum Gasteiger partial charge on any atom is -0.305 e. The molecule has 3 rings (SSSR count). The molecule has 2 aromatic carbocycles. The summed E-state index contributed by atoms with van der Waals surface area (Å²) in [5, 5.41) is 13.8. The lowest BCUT2D eigenvalue weighted by Crippen LogP contribution is -2.24. The third kappa shape index (κ3) is 3.12. The number of halogens is 1. The Hall–Kier alpha value is -2.99. The summed E-state index contributed by atoms with van der Waals surface area (Å²) in [6.07, 6.45) is 1.59. The summed E-state index contributed by atoms with van der Waals surface area (Å²) in [4.78, 5) is 26.4. The van der Waals surface area contributed by atoms with E-state index in [1.165, 1.54) is 24.3 Å². The van der Waals surface area contributed by atoms with Crippen LogP contribution in [0.2, 0.25) is 5.02 Å². The quantitative estimate of drug-likeness (QED) is 0.534. The summed E-state index contributed by atoms with van der Waals surface area (Å²) in [6.45, 7) is 0. The zero-order valence-corrected chi connectivity index (χ0v) is 12.4. The maximum absolute atomic E-state index is 12.0. The van der Waals surface area contributed by atoms with E-state index >= 15 is 0 Å². The zero-order chi connectivity index (χ0) is 16.4. The molecule has 1 heterocycles. The van der Waals surface area contributed by atoms with Gasteiger partial charge >= 0.3 is 0 Å². The fraction of sp³-hybridized carbons (Fsp3) is 0. The van der Waals surface area contributed by atoms with Crippen molar-refractivity contribution in [1.29, 1.82) is 0 Å². The highest BCUT2D eigenvalue weighted by atomic mass is 35.5. The molecule has 0 spiro atoms. The van der Waals surface area contributed by atoms with Gasteiger partial charge in [0, 0.05) is 22.7 Å². The molecular weight excluding hydrogens is 318 g/mol. The van der Waals surface area contributed by atoms with Crippen LogP contribution in [0.25, 0.3) is 6.08 Å². The number of carbonyl (C=O) groups excluding carboxylic acids is 1. The Morgan fingerprint density at radius 1 is 1.13 bits per heavy atom. The second kappa shape index (κ2) is 6.02. The lowest BCUT2D eigenvalue weighted by atomic mass is 10.2. The average molecular weight is 328 g/mol. The number of carbonyl (C=O) groups is 1. The fourth-order valence-electron chi connectivity index (χ4n) is 2.09. The number of nitro benzene ring substituents is 1. The van der Waals surface area contributed by atoms with E-state index < -0.39 is 4.92 Å². The number of nitro groups is 1. The van der Waals surface area contributed by atoms with Crippen LogP contribution in [-0.4, -0.2) is 16.7 Å². The second-order valence-electron chi connectivity index (χ2n) is 4.77. The third-order valence-corrected chi connectivity index (χ3v) is 3.59. The van der Waals surface area contributed by atoms with Crippen molar-refractivity contribution in [1.82, 2.24) is 5.32 Å². The number of non-ortho nitro benzene ring substituents is 1. The van der Waals surface area contributed by atoms with Crippen LogP contribution >= 0.6 is 11.6 Å². The van der Waals surface area contributed by atoms with E-state index in [9.17, 15) is 14.9 Å². The maximum atomic E-state index is 12.0. The molecule has 0 atom stereocenters. The van der Waals surface area contributed by atoms with Crippen molar-refractivity contribution in [2.45, 2.75) is 0 Å². The number of aliphatic imine (C=N–C) groups is 1. The van der Waals surface area contributed by atoms with Crippen LogP contribution in [0.5, 0.6) is 0 Å². The van der Waals surface area contributed by atoms with Gasteiger partial charge in [-0.1, -0.05) is 29.8 Å². The zero-order valence-electron chi connectivity index (χ0n) is 11.7. The minimum absolute atomic E-state index is 0.0227. The van der Waals surface area contributed by atoms with Gasteiger partial charge < -0.3 is 5.32 Å². The number of benzene rings is 2. The highest BCUT2D eigenvalue weighted by molar-refractivity contribution is 6.32. The van der Waals surface area contributed by atoms with Gasteiger partial charge in [0.1, 0.15) is 11.5 Å². The predicted octanol–water partition coefficient (Wildman–Crippen LogP) is 3.17. The molecule has 0 saturated carbocycles. The Labute approximate surface area is 136 Å². The first-order chi connectivity index (χ1) is 11.0. The van der Waals surface area contributed by atoms with Crippen molar-refractivity contribution in [2.24, 2.45) is 4.99 Å². The molecule has 0 saturated heterocycles. The Morgan fingerprint density at radius 3 is 2.48 bits per heavy atom. The van der Waals surface area contributed by atoms with Gasteiger partial charge in [-0.25, -0.2) is 4.99 Å². The van der Waals surface area contributed by atoms with Crippen molar-refractivity contribution >= 4 is 35.1 Å². The summed E-state index contributed by atoms with van der Waals surface area (Å²) in [5.41, 5.74) is 1.48. The van der Waals surface area contributed by atoms with Gasteiger partial charge in [-0.15, -0.1) is 0 Å². The number of hydrogen-bond acceptors (Lipinski definition) is 4. The van der Waals surface area contributed by atoms with E-state index in [0.717, 1.165) is 0 Å². The molecule has 0 radical (unpaired) electrons. The first kappa shape index (κ1) is 14.9. The van der Waals surface area contributed by atoms with Gasteiger partial charge in [0.2, 0.25) is 0 Å². The van der Waals surface area contributed by atoms with Crippen LogP contribution in [0.4, 0.5) is 5.69 Å². The molecule has 7 heteroatoms. The number of hydrogen-bond donors (Lipinski definition) is 1.